The second-order valence-electron chi connectivity index (χ2n) is 2.85. The number of nitrogens with one attached hydrogen (secondary N) is 1. The SMILES string of the molecule is Cc1nnsc1C(=O)Nc1ccnc(Cl)n1. The number of rotatable bonds is 2. The first-order valence-corrected chi connectivity index (χ1v) is 5.41. The van der Waals surface area contributed by atoms with E-state index >= 15 is 0 Å². The van der Waals surface area contributed by atoms with Crippen molar-refractivity contribution >= 4 is 34.9 Å². The zero-order valence-electron chi connectivity index (χ0n) is 8.14. The number of hydrogen-bond donors (Lipinski definition) is 1. The third-order valence-corrected chi connectivity index (χ3v) is 2.73. The van der Waals surface area contributed by atoms with Gasteiger partial charge in [-0.1, -0.05) is 4.49 Å². The van der Waals surface area contributed by atoms with Gasteiger partial charge >= 0.3 is 0 Å². The van der Waals surface area contributed by atoms with Gasteiger partial charge in [0.15, 0.2) is 0 Å². The van der Waals surface area contributed by atoms with Crippen LogP contribution >= 0.6 is 23.1 Å². The number of aryl methyl sites for hydroxylation is 1. The zero-order chi connectivity index (χ0) is 11.5. The summed E-state index contributed by atoms with van der Waals surface area (Å²) in [6, 6.07) is 1.55. The van der Waals surface area contributed by atoms with Gasteiger partial charge in [-0.05, 0) is 36.1 Å². The van der Waals surface area contributed by atoms with Crippen molar-refractivity contribution in [3.05, 3.63) is 28.1 Å². The molecule has 6 nitrogen and oxygen atoms in total. The minimum absolute atomic E-state index is 0.0805. The fraction of sp³-hybridized carbons (Fsp3) is 0.125. The van der Waals surface area contributed by atoms with Gasteiger partial charge in [0.1, 0.15) is 10.7 Å². The quantitative estimate of drug-likeness (QED) is 0.824. The maximum absolute atomic E-state index is 11.7. The van der Waals surface area contributed by atoms with Crippen LogP contribution in [0.25, 0.3) is 0 Å². The van der Waals surface area contributed by atoms with Crippen LogP contribution in [0.3, 0.4) is 0 Å². The Morgan fingerprint density at radius 3 is 3.00 bits per heavy atom. The number of aromatic nitrogens is 4. The Hall–Kier alpha value is -1.60. The number of anilines is 1. The lowest BCUT2D eigenvalue weighted by Crippen LogP contribution is -2.12. The summed E-state index contributed by atoms with van der Waals surface area (Å²) in [4.78, 5) is 19.7. The van der Waals surface area contributed by atoms with Crippen LogP contribution in [0.1, 0.15) is 15.4 Å². The Kier molecular flexibility index (Phi) is 3.07. The predicted molar refractivity (Wildman–Crippen MR) is 59.6 cm³/mol. The molecule has 2 aromatic rings. The summed E-state index contributed by atoms with van der Waals surface area (Å²) in [5, 5.41) is 6.41. The largest absolute Gasteiger partial charge is 0.306 e. The van der Waals surface area contributed by atoms with E-state index in [-0.39, 0.29) is 11.2 Å². The summed E-state index contributed by atoms with van der Waals surface area (Å²) in [6.07, 6.45) is 1.46. The van der Waals surface area contributed by atoms with Crippen molar-refractivity contribution in [3.8, 4) is 0 Å². The van der Waals surface area contributed by atoms with E-state index in [2.05, 4.69) is 24.9 Å². The maximum atomic E-state index is 11.7. The Morgan fingerprint density at radius 2 is 2.38 bits per heavy atom. The van der Waals surface area contributed by atoms with Crippen LogP contribution in [0.4, 0.5) is 5.82 Å². The van der Waals surface area contributed by atoms with Gasteiger partial charge in [-0.2, -0.15) is 0 Å². The molecule has 0 spiro atoms. The monoisotopic (exact) mass is 255 g/mol. The van der Waals surface area contributed by atoms with Crippen LogP contribution in [-0.4, -0.2) is 25.5 Å². The molecule has 0 unspecified atom stereocenters. The third-order valence-electron chi connectivity index (χ3n) is 1.73. The second kappa shape index (κ2) is 4.50. The molecule has 0 aliphatic rings. The molecule has 0 aliphatic heterocycles. The molecule has 8 heteroatoms. The number of hydrogen-bond acceptors (Lipinski definition) is 6. The molecular weight excluding hydrogens is 250 g/mol. The highest BCUT2D eigenvalue weighted by molar-refractivity contribution is 7.08. The molecular formula is C8H6ClN5OS. The average molecular weight is 256 g/mol. The van der Waals surface area contributed by atoms with E-state index in [0.717, 1.165) is 11.5 Å². The number of carbonyl (C=O) groups excluding carboxylic acids is 1. The number of halogens is 1. The lowest BCUT2D eigenvalue weighted by molar-refractivity contribution is 0.102. The molecule has 2 rings (SSSR count). The highest BCUT2D eigenvalue weighted by Crippen LogP contribution is 2.12. The molecule has 0 atom stereocenters. The van der Waals surface area contributed by atoms with Crippen molar-refractivity contribution in [2.45, 2.75) is 6.92 Å². The highest BCUT2D eigenvalue weighted by Gasteiger charge is 2.13. The first-order chi connectivity index (χ1) is 7.66. The molecule has 0 aliphatic carbocycles. The Morgan fingerprint density at radius 1 is 1.56 bits per heavy atom. The topological polar surface area (TPSA) is 80.7 Å². The number of nitrogens with zero attached hydrogens (tertiary/aromatic N) is 4. The van der Waals surface area contributed by atoms with Crippen LogP contribution in [0, 0.1) is 6.92 Å². The van der Waals surface area contributed by atoms with Gasteiger partial charge in [0.25, 0.3) is 5.91 Å². The molecule has 2 aromatic heterocycles. The van der Waals surface area contributed by atoms with Crippen molar-refractivity contribution in [1.82, 2.24) is 19.6 Å². The third kappa shape index (κ3) is 2.31. The normalized spacial score (nSPS) is 10.1. The lowest BCUT2D eigenvalue weighted by Gasteiger charge is -2.01. The number of amides is 1. The van der Waals surface area contributed by atoms with E-state index in [9.17, 15) is 4.79 Å². The fourth-order valence-corrected chi connectivity index (χ4v) is 1.72. The highest BCUT2D eigenvalue weighted by atomic mass is 35.5. The molecule has 0 bridgehead atoms. The molecule has 1 N–H and O–H groups in total. The van der Waals surface area contributed by atoms with Crippen molar-refractivity contribution in [2.75, 3.05) is 5.32 Å². The van der Waals surface area contributed by atoms with Gasteiger partial charge in [-0.25, -0.2) is 9.97 Å². The van der Waals surface area contributed by atoms with Crippen LogP contribution in [0.5, 0.6) is 0 Å². The van der Waals surface area contributed by atoms with E-state index in [0.29, 0.717) is 16.4 Å². The van der Waals surface area contributed by atoms with E-state index in [1.165, 1.54) is 6.20 Å². The first kappa shape index (κ1) is 10.9. The first-order valence-electron chi connectivity index (χ1n) is 4.25. The van der Waals surface area contributed by atoms with Crippen LogP contribution in [-0.2, 0) is 0 Å². The molecule has 0 aromatic carbocycles. The van der Waals surface area contributed by atoms with Crippen molar-refractivity contribution in [3.63, 3.8) is 0 Å². The van der Waals surface area contributed by atoms with Gasteiger partial charge < -0.3 is 5.32 Å². The predicted octanol–water partition coefficient (Wildman–Crippen LogP) is 1.54. The van der Waals surface area contributed by atoms with Gasteiger partial charge in [-0.3, -0.25) is 4.79 Å². The van der Waals surface area contributed by atoms with E-state index in [1.54, 1.807) is 13.0 Å². The standard InChI is InChI=1S/C8H6ClN5OS/c1-4-6(16-14-13-4)7(15)11-5-2-3-10-8(9)12-5/h2-3H,1H3,(H,10,11,12,15). The maximum Gasteiger partial charge on any atom is 0.270 e. The molecule has 0 radical (unpaired) electrons. The minimum atomic E-state index is -0.303. The van der Waals surface area contributed by atoms with E-state index < -0.39 is 0 Å². The van der Waals surface area contributed by atoms with Crippen LogP contribution in [0.15, 0.2) is 12.3 Å². The lowest BCUT2D eigenvalue weighted by atomic mass is 10.4. The van der Waals surface area contributed by atoms with Crippen molar-refractivity contribution in [1.29, 1.82) is 0 Å². The molecule has 82 valence electrons. The Labute approximate surface area is 99.9 Å². The van der Waals surface area contributed by atoms with Crippen LogP contribution < -0.4 is 5.32 Å². The minimum Gasteiger partial charge on any atom is -0.306 e. The van der Waals surface area contributed by atoms with Crippen molar-refractivity contribution < 1.29 is 4.79 Å². The smallest absolute Gasteiger partial charge is 0.270 e. The van der Waals surface area contributed by atoms with Crippen LogP contribution in [0.2, 0.25) is 5.28 Å². The average Bonchev–Trinajstić information content (AvgIpc) is 2.64. The van der Waals surface area contributed by atoms with Gasteiger partial charge in [0.05, 0.1) is 5.69 Å². The van der Waals surface area contributed by atoms with Crippen molar-refractivity contribution in [2.24, 2.45) is 0 Å². The summed E-state index contributed by atoms with van der Waals surface area (Å²) in [5.74, 6) is 0.0417. The molecule has 1 amide bonds. The summed E-state index contributed by atoms with van der Waals surface area (Å²) < 4.78 is 3.67. The molecule has 0 fully saturated rings. The summed E-state index contributed by atoms with van der Waals surface area (Å²) in [5.41, 5.74) is 0.586. The Bertz CT molecular complexity index is 529. The zero-order valence-corrected chi connectivity index (χ0v) is 9.71. The second-order valence-corrected chi connectivity index (χ2v) is 3.94. The molecule has 16 heavy (non-hydrogen) atoms. The van der Waals surface area contributed by atoms with E-state index in [1.807, 2.05) is 0 Å². The summed E-state index contributed by atoms with van der Waals surface area (Å²) in [6.45, 7) is 1.71. The molecule has 0 saturated heterocycles. The number of carbonyl (C=O) groups is 1. The summed E-state index contributed by atoms with van der Waals surface area (Å²) >= 11 is 6.62. The summed E-state index contributed by atoms with van der Waals surface area (Å²) in [7, 11) is 0. The van der Waals surface area contributed by atoms with Gasteiger partial charge in [0.2, 0.25) is 5.28 Å². The fourth-order valence-electron chi connectivity index (χ4n) is 1.02. The van der Waals surface area contributed by atoms with Gasteiger partial charge in [-0.15, -0.1) is 5.10 Å². The molecule has 2 heterocycles. The Balaban J connectivity index is 2.17. The van der Waals surface area contributed by atoms with E-state index in [4.69, 9.17) is 11.6 Å². The van der Waals surface area contributed by atoms with Gasteiger partial charge in [0, 0.05) is 6.20 Å². The molecule has 0 saturated carbocycles.